The van der Waals surface area contributed by atoms with E-state index in [1.807, 2.05) is 29.3 Å². The number of hydrogen-bond donors (Lipinski definition) is 1. The lowest BCUT2D eigenvalue weighted by Crippen LogP contribution is -2.65. The van der Waals surface area contributed by atoms with Gasteiger partial charge >= 0.3 is 0 Å². The van der Waals surface area contributed by atoms with E-state index < -0.39 is 40.9 Å². The monoisotopic (exact) mass is 546 g/mol. The van der Waals surface area contributed by atoms with Gasteiger partial charge in [0.25, 0.3) is 5.91 Å². The summed E-state index contributed by atoms with van der Waals surface area (Å²) in [4.78, 5) is 33.1. The Kier molecular flexibility index (Phi) is 5.07. The number of pyridine rings is 1. The number of fused-ring (bicyclic) bond motifs is 7. The van der Waals surface area contributed by atoms with Crippen molar-refractivity contribution in [2.45, 2.75) is 38.9 Å². The molecule has 7 rings (SSSR count). The maximum atomic E-state index is 15.7. The number of amides is 1. The molecular weight excluding hydrogens is 522 g/mol. The van der Waals surface area contributed by atoms with Crippen LogP contribution in [0.3, 0.4) is 0 Å². The average Bonchev–Trinajstić information content (AvgIpc) is 3.35. The highest BCUT2D eigenvalue weighted by Gasteiger charge is 2.49. The number of halogens is 2. The highest BCUT2D eigenvalue weighted by Crippen LogP contribution is 2.51. The summed E-state index contributed by atoms with van der Waals surface area (Å²) < 4.78 is 32.0. The fourth-order valence-corrected chi connectivity index (χ4v) is 7.12. The fourth-order valence-electron chi connectivity index (χ4n) is 6.28. The van der Waals surface area contributed by atoms with Gasteiger partial charge in [0.05, 0.1) is 22.1 Å². The third-order valence-electron chi connectivity index (χ3n) is 8.19. The smallest absolute Gasteiger partial charge is 0.278 e. The minimum atomic E-state index is -0.991. The second kappa shape index (κ2) is 8.22. The normalized spacial score (nSPS) is 20.9. The van der Waals surface area contributed by atoms with Gasteiger partial charge in [0, 0.05) is 24.4 Å². The van der Waals surface area contributed by atoms with Gasteiger partial charge in [-0.25, -0.2) is 13.8 Å². The Bertz CT molecular complexity index is 1750. The molecule has 2 atom stereocenters. The SMILES string of the molecule is CC1(C)CCN2C(=O)c3c(O)c(=O)ccn3N(C3c4ccccc4-c4scnc4-c4c3ccc(F)c4F)C2C1. The number of aromatic hydroxyl groups is 1. The number of rotatable bonds is 1. The van der Waals surface area contributed by atoms with Gasteiger partial charge in [0.15, 0.2) is 23.1 Å². The molecule has 198 valence electrons. The van der Waals surface area contributed by atoms with Crippen molar-refractivity contribution in [3.63, 3.8) is 0 Å². The van der Waals surface area contributed by atoms with E-state index in [4.69, 9.17) is 0 Å². The lowest BCUT2D eigenvalue weighted by Gasteiger charge is -2.54. The summed E-state index contributed by atoms with van der Waals surface area (Å²) in [6.07, 6.45) is 2.32. The van der Waals surface area contributed by atoms with Crippen LogP contribution < -0.4 is 10.4 Å². The van der Waals surface area contributed by atoms with Crippen molar-refractivity contribution >= 4 is 17.2 Å². The van der Waals surface area contributed by atoms with Crippen molar-refractivity contribution in [1.82, 2.24) is 14.6 Å². The first-order chi connectivity index (χ1) is 18.7. The summed E-state index contributed by atoms with van der Waals surface area (Å²) in [5.74, 6) is -3.04. The van der Waals surface area contributed by atoms with Crippen molar-refractivity contribution in [2.75, 3.05) is 11.6 Å². The molecule has 0 saturated carbocycles. The molecule has 4 aromatic rings. The second-order valence-electron chi connectivity index (χ2n) is 11.0. The molecule has 39 heavy (non-hydrogen) atoms. The maximum absolute atomic E-state index is 15.7. The summed E-state index contributed by atoms with van der Waals surface area (Å²) >= 11 is 1.35. The molecule has 2 aromatic heterocycles. The first-order valence-corrected chi connectivity index (χ1v) is 13.6. The van der Waals surface area contributed by atoms with Gasteiger partial charge in [-0.15, -0.1) is 11.3 Å². The minimum absolute atomic E-state index is 0.0674. The number of benzene rings is 2. The van der Waals surface area contributed by atoms with Crippen LogP contribution in [0, 0.1) is 17.0 Å². The number of nitrogens with zero attached hydrogens (tertiary/aromatic N) is 4. The summed E-state index contributed by atoms with van der Waals surface area (Å²) in [5.41, 5.74) is 3.24. The van der Waals surface area contributed by atoms with E-state index in [0.717, 1.165) is 28.5 Å². The number of carbonyl (C=O) groups is 1. The van der Waals surface area contributed by atoms with Gasteiger partial charge in [0.1, 0.15) is 6.17 Å². The van der Waals surface area contributed by atoms with Crippen LogP contribution in [0.15, 0.2) is 59.0 Å². The minimum Gasteiger partial charge on any atom is -0.502 e. The van der Waals surface area contributed by atoms with Crippen molar-refractivity contribution in [3.05, 3.63) is 92.9 Å². The lowest BCUT2D eigenvalue weighted by molar-refractivity contribution is 0.0245. The van der Waals surface area contributed by atoms with E-state index in [1.165, 1.54) is 28.3 Å². The van der Waals surface area contributed by atoms with Crippen LogP contribution in [-0.4, -0.2) is 38.3 Å². The van der Waals surface area contributed by atoms with Crippen LogP contribution in [0.2, 0.25) is 0 Å². The fraction of sp³-hybridized carbons (Fsp3) is 0.276. The molecule has 10 heteroatoms. The van der Waals surface area contributed by atoms with E-state index in [-0.39, 0.29) is 16.7 Å². The number of piperidine rings is 1. The van der Waals surface area contributed by atoms with Crippen LogP contribution >= 0.6 is 11.3 Å². The Morgan fingerprint density at radius 1 is 1.08 bits per heavy atom. The zero-order valence-electron chi connectivity index (χ0n) is 21.2. The topological polar surface area (TPSA) is 78.7 Å². The van der Waals surface area contributed by atoms with Gasteiger partial charge in [-0.3, -0.25) is 19.3 Å². The third kappa shape index (κ3) is 3.33. The molecule has 2 unspecified atom stereocenters. The Hall–Kier alpha value is -4.05. The van der Waals surface area contributed by atoms with Gasteiger partial charge in [-0.2, -0.15) is 0 Å². The van der Waals surface area contributed by atoms with Crippen LogP contribution in [0.5, 0.6) is 5.75 Å². The number of thiazole rings is 1. The molecule has 0 bridgehead atoms. The molecule has 4 heterocycles. The Morgan fingerprint density at radius 3 is 2.69 bits per heavy atom. The predicted molar refractivity (Wildman–Crippen MR) is 143 cm³/mol. The van der Waals surface area contributed by atoms with Crippen LogP contribution in [0.25, 0.3) is 21.7 Å². The molecule has 0 spiro atoms. The first kappa shape index (κ1) is 24.0. The molecular formula is C29H24F2N4O3S. The molecule has 3 aliphatic rings. The molecule has 1 aliphatic carbocycles. The zero-order chi connectivity index (χ0) is 27.2. The zero-order valence-corrected chi connectivity index (χ0v) is 22.0. The quantitative estimate of drug-likeness (QED) is 0.352. The molecule has 2 aliphatic heterocycles. The highest BCUT2D eigenvalue weighted by atomic mass is 32.1. The predicted octanol–water partition coefficient (Wildman–Crippen LogP) is 5.27. The highest BCUT2D eigenvalue weighted by molar-refractivity contribution is 7.13. The van der Waals surface area contributed by atoms with Gasteiger partial charge in [-0.1, -0.05) is 44.2 Å². The van der Waals surface area contributed by atoms with Gasteiger partial charge in [0.2, 0.25) is 5.43 Å². The van der Waals surface area contributed by atoms with E-state index in [1.54, 1.807) is 16.5 Å². The van der Waals surface area contributed by atoms with Crippen molar-refractivity contribution < 1.29 is 18.7 Å². The van der Waals surface area contributed by atoms with Gasteiger partial charge in [-0.05, 0) is 41.0 Å². The summed E-state index contributed by atoms with van der Waals surface area (Å²) in [6, 6.07) is 10.8. The second-order valence-corrected chi connectivity index (χ2v) is 11.9. The molecule has 1 saturated heterocycles. The third-order valence-corrected chi connectivity index (χ3v) is 9.05. The van der Waals surface area contributed by atoms with E-state index >= 15 is 4.39 Å². The molecule has 1 N–H and O–H groups in total. The standard InChI is InChI=1S/C29H24F2N4O3S/c1-29(2)10-12-33-20(13-29)35(34-11-9-19(36)26(37)25(34)28(33)38)24-15-5-3-4-6-16(15)27-23(32-14-39-27)21-17(24)7-8-18(30)22(21)31/h3-9,11,14,20,24,37H,10,12-13H2,1-2H3. The number of aromatic nitrogens is 2. The summed E-state index contributed by atoms with van der Waals surface area (Å²) in [5, 5.41) is 12.8. The maximum Gasteiger partial charge on any atom is 0.278 e. The van der Waals surface area contributed by atoms with Crippen molar-refractivity contribution in [2.24, 2.45) is 5.41 Å². The molecule has 2 aromatic carbocycles. The number of hydrogen-bond acceptors (Lipinski definition) is 6. The van der Waals surface area contributed by atoms with Crippen LogP contribution in [0.1, 0.15) is 54.3 Å². The van der Waals surface area contributed by atoms with E-state index in [2.05, 4.69) is 18.8 Å². The van der Waals surface area contributed by atoms with Crippen molar-refractivity contribution in [1.29, 1.82) is 0 Å². The van der Waals surface area contributed by atoms with Crippen molar-refractivity contribution in [3.8, 4) is 27.4 Å². The summed E-state index contributed by atoms with van der Waals surface area (Å²) in [7, 11) is 0. The molecule has 1 fully saturated rings. The van der Waals surface area contributed by atoms with Gasteiger partial charge < -0.3 is 10.0 Å². The Labute approximate surface area is 226 Å². The molecule has 0 radical (unpaired) electrons. The average molecular weight is 547 g/mol. The number of carbonyl (C=O) groups excluding carboxylic acids is 1. The Morgan fingerprint density at radius 2 is 1.87 bits per heavy atom. The van der Waals surface area contributed by atoms with E-state index in [9.17, 15) is 19.1 Å². The molecule has 7 nitrogen and oxygen atoms in total. The Balaban J connectivity index is 1.59. The molecule has 1 amide bonds. The largest absolute Gasteiger partial charge is 0.502 e. The summed E-state index contributed by atoms with van der Waals surface area (Å²) in [6.45, 7) is 4.69. The van der Waals surface area contributed by atoms with E-state index in [0.29, 0.717) is 24.2 Å². The first-order valence-electron chi connectivity index (χ1n) is 12.7. The van der Waals surface area contributed by atoms with Crippen LogP contribution in [-0.2, 0) is 0 Å². The lowest BCUT2D eigenvalue weighted by atomic mass is 9.79. The van der Waals surface area contributed by atoms with Crippen LogP contribution in [0.4, 0.5) is 8.78 Å².